The second-order valence-electron chi connectivity index (χ2n) is 5.82. The van der Waals surface area contributed by atoms with Gasteiger partial charge in [0.15, 0.2) is 13.2 Å². The van der Waals surface area contributed by atoms with E-state index in [9.17, 15) is 14.4 Å². The predicted molar refractivity (Wildman–Crippen MR) is 115 cm³/mol. The van der Waals surface area contributed by atoms with E-state index in [1.807, 2.05) is 12.5 Å². The molecule has 30 heavy (non-hydrogen) atoms. The zero-order valence-electron chi connectivity index (χ0n) is 17.1. The van der Waals surface area contributed by atoms with Crippen molar-refractivity contribution in [3.63, 3.8) is 0 Å². The van der Waals surface area contributed by atoms with Crippen LogP contribution in [0.4, 0.5) is 0 Å². The fourth-order valence-corrected chi connectivity index (χ4v) is 3.28. The van der Waals surface area contributed by atoms with Gasteiger partial charge in [-0.1, -0.05) is 0 Å². The van der Waals surface area contributed by atoms with Crippen LogP contribution in [-0.2, 0) is 14.3 Å². The topological polar surface area (TPSA) is 88.1 Å². The van der Waals surface area contributed by atoms with Crippen LogP contribution in [0.2, 0.25) is 0 Å². The van der Waals surface area contributed by atoms with Gasteiger partial charge in [-0.3, -0.25) is 4.79 Å². The molecule has 160 valence electrons. The predicted octanol–water partition coefficient (Wildman–Crippen LogP) is 3.73. The van der Waals surface area contributed by atoms with Crippen LogP contribution >= 0.6 is 23.5 Å². The van der Waals surface area contributed by atoms with Gasteiger partial charge in [-0.05, 0) is 48.9 Å². The molecule has 0 N–H and O–H groups in total. The van der Waals surface area contributed by atoms with Crippen molar-refractivity contribution in [2.24, 2.45) is 0 Å². The van der Waals surface area contributed by atoms with Gasteiger partial charge in [0.05, 0.1) is 14.2 Å². The van der Waals surface area contributed by atoms with E-state index in [0.717, 1.165) is 9.79 Å². The molecule has 0 fully saturated rings. The third-order valence-electron chi connectivity index (χ3n) is 3.99. The molecular weight excluding hydrogens is 428 g/mol. The molecule has 0 spiro atoms. The summed E-state index contributed by atoms with van der Waals surface area (Å²) < 4.78 is 20.5. The highest BCUT2D eigenvalue weighted by molar-refractivity contribution is 7.98. The average molecular weight is 451 g/mol. The molecular formula is C21H22O7S2. The van der Waals surface area contributed by atoms with Crippen LogP contribution < -0.4 is 9.47 Å². The van der Waals surface area contributed by atoms with E-state index in [0.29, 0.717) is 11.5 Å². The van der Waals surface area contributed by atoms with Crippen molar-refractivity contribution < 1.29 is 33.3 Å². The maximum atomic E-state index is 12.2. The van der Waals surface area contributed by atoms with E-state index < -0.39 is 30.9 Å². The molecule has 0 radical (unpaired) electrons. The number of ketones is 1. The summed E-state index contributed by atoms with van der Waals surface area (Å²) in [4.78, 5) is 38.3. The van der Waals surface area contributed by atoms with Gasteiger partial charge in [-0.2, -0.15) is 0 Å². The summed E-state index contributed by atoms with van der Waals surface area (Å²) in [5, 5.41) is 0. The first-order valence-corrected chi connectivity index (χ1v) is 11.2. The molecule has 2 aromatic rings. The van der Waals surface area contributed by atoms with Crippen molar-refractivity contribution >= 4 is 41.2 Å². The fourth-order valence-electron chi connectivity index (χ4n) is 2.42. The first-order chi connectivity index (χ1) is 14.4. The lowest BCUT2D eigenvalue weighted by atomic mass is 10.2. The van der Waals surface area contributed by atoms with Crippen molar-refractivity contribution in [3.05, 3.63) is 47.5 Å². The van der Waals surface area contributed by atoms with E-state index in [1.54, 1.807) is 36.4 Å². The number of methoxy groups -OCH3 is 2. The molecule has 0 aromatic heterocycles. The normalized spacial score (nSPS) is 10.3. The Morgan fingerprint density at radius 1 is 0.733 bits per heavy atom. The van der Waals surface area contributed by atoms with Crippen molar-refractivity contribution in [2.75, 3.05) is 39.9 Å². The van der Waals surface area contributed by atoms with Crippen LogP contribution in [0.1, 0.15) is 20.7 Å². The Labute approximate surface area is 183 Å². The molecule has 0 aliphatic carbocycles. The standard InChI is InChI=1S/C21H22O7S2/c1-25-18-9-14(29-3)5-7-16(18)20(23)27-11-13(22)12-28-21(24)17-8-6-15(30-4)10-19(17)26-2/h5-10H,11-12H2,1-4H3. The molecule has 9 heteroatoms. The molecule has 0 heterocycles. The van der Waals surface area contributed by atoms with Gasteiger partial charge in [-0.15, -0.1) is 23.5 Å². The quantitative estimate of drug-likeness (QED) is 0.397. The van der Waals surface area contributed by atoms with Crippen LogP contribution in [0.5, 0.6) is 11.5 Å². The Morgan fingerprint density at radius 3 is 1.47 bits per heavy atom. The van der Waals surface area contributed by atoms with Crippen LogP contribution in [0.3, 0.4) is 0 Å². The Balaban J connectivity index is 1.91. The zero-order valence-corrected chi connectivity index (χ0v) is 18.7. The van der Waals surface area contributed by atoms with E-state index in [1.165, 1.54) is 37.7 Å². The molecule has 0 atom stereocenters. The largest absolute Gasteiger partial charge is 0.496 e. The zero-order chi connectivity index (χ0) is 22.1. The molecule has 7 nitrogen and oxygen atoms in total. The minimum Gasteiger partial charge on any atom is -0.496 e. The molecule has 0 aliphatic heterocycles. The minimum absolute atomic E-state index is 0.207. The van der Waals surface area contributed by atoms with Crippen LogP contribution in [0.25, 0.3) is 0 Å². The molecule has 0 aliphatic rings. The van der Waals surface area contributed by atoms with E-state index in [-0.39, 0.29) is 11.1 Å². The highest BCUT2D eigenvalue weighted by atomic mass is 32.2. The number of carbonyl (C=O) groups is 3. The third kappa shape index (κ3) is 6.17. The lowest BCUT2D eigenvalue weighted by Crippen LogP contribution is -2.21. The SMILES string of the molecule is COc1cc(SC)ccc1C(=O)OCC(=O)COC(=O)c1ccc(SC)cc1OC. The van der Waals surface area contributed by atoms with E-state index in [4.69, 9.17) is 18.9 Å². The summed E-state index contributed by atoms with van der Waals surface area (Å²) >= 11 is 3.01. The highest BCUT2D eigenvalue weighted by Crippen LogP contribution is 2.27. The van der Waals surface area contributed by atoms with E-state index in [2.05, 4.69) is 0 Å². The molecule has 0 unspecified atom stereocenters. The number of carbonyl (C=O) groups excluding carboxylic acids is 3. The van der Waals surface area contributed by atoms with Gasteiger partial charge in [0.25, 0.3) is 0 Å². The van der Waals surface area contributed by atoms with Crippen LogP contribution in [0, 0.1) is 0 Å². The summed E-state index contributed by atoms with van der Waals surface area (Å²) in [5.41, 5.74) is 0.414. The van der Waals surface area contributed by atoms with Crippen molar-refractivity contribution in [2.45, 2.75) is 9.79 Å². The second kappa shape index (κ2) is 11.5. The van der Waals surface area contributed by atoms with Crippen molar-refractivity contribution in [3.8, 4) is 11.5 Å². The molecule has 0 saturated heterocycles. The smallest absolute Gasteiger partial charge is 0.342 e. The molecule has 0 saturated carbocycles. The summed E-state index contributed by atoms with van der Waals surface area (Å²) in [6, 6.07) is 10.1. The Hall–Kier alpha value is -2.65. The van der Waals surface area contributed by atoms with Gasteiger partial charge in [0.2, 0.25) is 5.78 Å². The number of thioether (sulfide) groups is 2. The number of ether oxygens (including phenoxy) is 4. The first-order valence-electron chi connectivity index (χ1n) is 8.73. The minimum atomic E-state index is -0.700. The third-order valence-corrected chi connectivity index (χ3v) is 5.44. The van der Waals surface area contributed by atoms with Crippen LogP contribution in [-0.4, -0.2) is 57.7 Å². The number of benzene rings is 2. The maximum Gasteiger partial charge on any atom is 0.342 e. The summed E-state index contributed by atoms with van der Waals surface area (Å²) in [7, 11) is 2.89. The number of Topliss-reactive ketones (excluding diaryl/α,β-unsaturated/α-hetero) is 1. The van der Waals surface area contributed by atoms with Gasteiger partial charge in [0.1, 0.15) is 22.6 Å². The molecule has 2 rings (SSSR count). The number of rotatable bonds is 10. The number of hydrogen-bond donors (Lipinski definition) is 0. The number of esters is 2. The summed E-state index contributed by atoms with van der Waals surface area (Å²) in [5.74, 6) is -1.25. The van der Waals surface area contributed by atoms with Gasteiger partial charge < -0.3 is 18.9 Å². The van der Waals surface area contributed by atoms with Gasteiger partial charge >= 0.3 is 11.9 Å². The summed E-state index contributed by atoms with van der Waals surface area (Å²) in [6.07, 6.45) is 3.80. The molecule has 0 bridgehead atoms. The fraction of sp³-hybridized carbons (Fsp3) is 0.286. The second-order valence-corrected chi connectivity index (χ2v) is 7.58. The first kappa shape index (κ1) is 23.6. The van der Waals surface area contributed by atoms with Gasteiger partial charge in [0, 0.05) is 9.79 Å². The molecule has 0 amide bonds. The Bertz CT molecular complexity index is 854. The Morgan fingerprint density at radius 2 is 1.13 bits per heavy atom. The molecule has 2 aromatic carbocycles. The van der Waals surface area contributed by atoms with Crippen molar-refractivity contribution in [1.82, 2.24) is 0 Å². The monoisotopic (exact) mass is 450 g/mol. The van der Waals surface area contributed by atoms with Crippen molar-refractivity contribution in [1.29, 1.82) is 0 Å². The maximum absolute atomic E-state index is 12.2. The lowest BCUT2D eigenvalue weighted by molar-refractivity contribution is -0.125. The number of hydrogen-bond acceptors (Lipinski definition) is 9. The average Bonchev–Trinajstić information content (AvgIpc) is 2.79. The lowest BCUT2D eigenvalue weighted by Gasteiger charge is -2.11. The Kier molecular flexibility index (Phi) is 9.07. The van der Waals surface area contributed by atoms with E-state index >= 15 is 0 Å². The summed E-state index contributed by atoms with van der Waals surface area (Å²) in [6.45, 7) is -1.05. The highest BCUT2D eigenvalue weighted by Gasteiger charge is 2.18. The van der Waals surface area contributed by atoms with Crippen LogP contribution in [0.15, 0.2) is 46.2 Å². The van der Waals surface area contributed by atoms with Gasteiger partial charge in [-0.25, -0.2) is 9.59 Å².